The summed E-state index contributed by atoms with van der Waals surface area (Å²) >= 11 is 0. The van der Waals surface area contributed by atoms with Gasteiger partial charge in [0, 0.05) is 25.9 Å². The molecule has 0 aliphatic carbocycles. The first-order valence-electron chi connectivity index (χ1n) is 9.08. The highest BCUT2D eigenvalue weighted by atomic mass is 16.5. The molecule has 1 atom stereocenters. The van der Waals surface area contributed by atoms with Crippen molar-refractivity contribution in [1.29, 1.82) is 0 Å². The van der Waals surface area contributed by atoms with E-state index in [0.29, 0.717) is 12.5 Å². The third-order valence-corrected chi connectivity index (χ3v) is 5.11. The molecule has 3 heterocycles. The van der Waals surface area contributed by atoms with Crippen molar-refractivity contribution in [3.8, 4) is 5.88 Å². The molecular formula is C19H23N3O4. The van der Waals surface area contributed by atoms with Gasteiger partial charge in [-0.1, -0.05) is 12.1 Å². The van der Waals surface area contributed by atoms with Gasteiger partial charge < -0.3 is 19.5 Å². The Bertz CT molecular complexity index is 765. The largest absolute Gasteiger partial charge is 0.467 e. The Morgan fingerprint density at radius 1 is 1.23 bits per heavy atom. The van der Waals surface area contributed by atoms with E-state index in [0.717, 1.165) is 49.8 Å². The average Bonchev–Trinajstić information content (AvgIpc) is 2.67. The second kappa shape index (κ2) is 7.55. The fourth-order valence-corrected chi connectivity index (χ4v) is 3.74. The first-order chi connectivity index (χ1) is 12.7. The number of carbonyl (C=O) groups is 1. The van der Waals surface area contributed by atoms with Gasteiger partial charge in [-0.25, -0.2) is 9.97 Å². The monoisotopic (exact) mass is 357 g/mol. The summed E-state index contributed by atoms with van der Waals surface area (Å²) in [6.45, 7) is 2.06. The van der Waals surface area contributed by atoms with Crippen LogP contribution in [0.25, 0.3) is 10.9 Å². The number of rotatable bonds is 4. The Morgan fingerprint density at radius 3 is 2.96 bits per heavy atom. The fourth-order valence-electron chi connectivity index (χ4n) is 3.74. The first kappa shape index (κ1) is 17.2. The zero-order valence-corrected chi connectivity index (χ0v) is 14.6. The van der Waals surface area contributed by atoms with E-state index >= 15 is 0 Å². The van der Waals surface area contributed by atoms with Gasteiger partial charge in [0.05, 0.1) is 16.5 Å². The Kier molecular flexibility index (Phi) is 4.99. The molecule has 2 fully saturated rings. The van der Waals surface area contributed by atoms with Crippen LogP contribution >= 0.6 is 0 Å². The molecule has 0 saturated carbocycles. The van der Waals surface area contributed by atoms with Gasteiger partial charge in [-0.05, 0) is 37.8 Å². The number of hydrogen-bond donors (Lipinski definition) is 1. The van der Waals surface area contributed by atoms with E-state index < -0.39 is 0 Å². The minimum Gasteiger partial charge on any atom is -0.467 e. The van der Waals surface area contributed by atoms with E-state index in [4.69, 9.17) is 14.2 Å². The lowest BCUT2D eigenvalue weighted by atomic mass is 9.84. The Balaban J connectivity index is 1.34. The van der Waals surface area contributed by atoms with Crippen molar-refractivity contribution >= 4 is 16.8 Å². The lowest BCUT2D eigenvalue weighted by Crippen LogP contribution is -2.51. The molecule has 2 aliphatic heterocycles. The van der Waals surface area contributed by atoms with Crippen LogP contribution in [-0.4, -0.2) is 53.9 Å². The van der Waals surface area contributed by atoms with Gasteiger partial charge in [0.25, 0.3) is 5.91 Å². The molecule has 138 valence electrons. The van der Waals surface area contributed by atoms with Crippen molar-refractivity contribution in [3.63, 3.8) is 0 Å². The quantitative estimate of drug-likeness (QED) is 0.899. The van der Waals surface area contributed by atoms with Crippen LogP contribution in [0.4, 0.5) is 0 Å². The summed E-state index contributed by atoms with van der Waals surface area (Å²) in [5, 5.41) is 3.88. The summed E-state index contributed by atoms with van der Waals surface area (Å²) in [4.78, 5) is 20.7. The molecule has 2 aliphatic rings. The van der Waals surface area contributed by atoms with Crippen LogP contribution < -0.4 is 10.1 Å². The molecule has 26 heavy (non-hydrogen) atoms. The summed E-state index contributed by atoms with van der Waals surface area (Å²) in [6, 6.07) is 7.69. The Labute approximate surface area is 152 Å². The van der Waals surface area contributed by atoms with E-state index in [1.54, 1.807) is 0 Å². The van der Waals surface area contributed by atoms with Gasteiger partial charge in [-0.2, -0.15) is 0 Å². The lowest BCUT2D eigenvalue weighted by Gasteiger charge is -2.43. The van der Waals surface area contributed by atoms with Crippen molar-refractivity contribution in [3.05, 3.63) is 30.6 Å². The van der Waals surface area contributed by atoms with E-state index in [2.05, 4.69) is 15.3 Å². The number of nitrogens with zero attached hydrogens (tertiary/aromatic N) is 2. The molecule has 4 rings (SSSR count). The predicted octanol–water partition coefficient (Wildman–Crippen LogP) is 1.85. The van der Waals surface area contributed by atoms with E-state index in [1.807, 2.05) is 24.3 Å². The fraction of sp³-hybridized carbons (Fsp3) is 0.526. The minimum absolute atomic E-state index is 0.0610. The summed E-state index contributed by atoms with van der Waals surface area (Å²) in [7, 11) is 0. The van der Waals surface area contributed by atoms with Crippen molar-refractivity contribution < 1.29 is 19.0 Å². The molecular weight excluding hydrogens is 334 g/mol. The highest BCUT2D eigenvalue weighted by Gasteiger charge is 2.39. The molecule has 7 heteroatoms. The van der Waals surface area contributed by atoms with Crippen molar-refractivity contribution in [1.82, 2.24) is 15.3 Å². The minimum atomic E-state index is -0.141. The van der Waals surface area contributed by atoms with Crippen molar-refractivity contribution in [2.75, 3.05) is 26.4 Å². The zero-order chi connectivity index (χ0) is 17.8. The number of benzene rings is 1. The summed E-state index contributed by atoms with van der Waals surface area (Å²) in [5.74, 6) is 0.292. The summed E-state index contributed by atoms with van der Waals surface area (Å²) < 4.78 is 17.1. The maximum atomic E-state index is 12.3. The lowest BCUT2D eigenvalue weighted by molar-refractivity contribution is -0.144. The smallest absolute Gasteiger partial charge is 0.258 e. The normalized spacial score (nSPS) is 22.2. The highest BCUT2D eigenvalue weighted by molar-refractivity contribution is 5.84. The van der Waals surface area contributed by atoms with Gasteiger partial charge in [0.1, 0.15) is 6.33 Å². The van der Waals surface area contributed by atoms with Crippen molar-refractivity contribution in [2.45, 2.75) is 37.3 Å². The number of amides is 1. The molecule has 1 N–H and O–H groups in total. The molecule has 0 radical (unpaired) electrons. The van der Waals surface area contributed by atoms with Gasteiger partial charge in [0.15, 0.2) is 6.61 Å². The van der Waals surface area contributed by atoms with E-state index in [1.165, 1.54) is 6.33 Å². The van der Waals surface area contributed by atoms with Crippen LogP contribution in [0.5, 0.6) is 5.88 Å². The van der Waals surface area contributed by atoms with Crippen LogP contribution in [0.3, 0.4) is 0 Å². The maximum absolute atomic E-state index is 12.3. The van der Waals surface area contributed by atoms with Gasteiger partial charge >= 0.3 is 0 Å². The number of fused-ring (bicyclic) bond motifs is 1. The topological polar surface area (TPSA) is 82.6 Å². The second-order valence-electron chi connectivity index (χ2n) is 6.89. The molecule has 1 amide bonds. The summed E-state index contributed by atoms with van der Waals surface area (Å²) in [6.07, 6.45) is 4.89. The molecule has 7 nitrogen and oxygen atoms in total. The highest BCUT2D eigenvalue weighted by Crippen LogP contribution is 2.34. The molecule has 1 aromatic heterocycles. The van der Waals surface area contributed by atoms with E-state index in [9.17, 15) is 4.79 Å². The Hall–Kier alpha value is -2.25. The van der Waals surface area contributed by atoms with Gasteiger partial charge in [-0.15, -0.1) is 0 Å². The number of hydrogen-bond acceptors (Lipinski definition) is 6. The number of para-hydroxylation sites is 1. The molecule has 1 spiro atoms. The standard InChI is InChI=1S/C19H23N3O4/c23-17(12-25-18-15-3-1-2-4-16(15)20-13-21-18)22-14-5-8-26-19(11-14)6-9-24-10-7-19/h1-4,13-14H,5-12H2,(H,22,23). The summed E-state index contributed by atoms with van der Waals surface area (Å²) in [5.41, 5.74) is 0.654. The van der Waals surface area contributed by atoms with Crippen LogP contribution in [0.1, 0.15) is 25.7 Å². The molecule has 0 bridgehead atoms. The average molecular weight is 357 g/mol. The number of nitrogens with one attached hydrogen (secondary N) is 1. The number of carbonyl (C=O) groups excluding carboxylic acids is 1. The van der Waals surface area contributed by atoms with Crippen LogP contribution in [-0.2, 0) is 14.3 Å². The van der Waals surface area contributed by atoms with E-state index in [-0.39, 0.29) is 24.2 Å². The number of aromatic nitrogens is 2. The second-order valence-corrected chi connectivity index (χ2v) is 6.89. The third kappa shape index (κ3) is 3.78. The van der Waals surface area contributed by atoms with Crippen LogP contribution in [0.15, 0.2) is 30.6 Å². The Morgan fingerprint density at radius 2 is 2.08 bits per heavy atom. The van der Waals surface area contributed by atoms with Crippen LogP contribution in [0.2, 0.25) is 0 Å². The third-order valence-electron chi connectivity index (χ3n) is 5.11. The predicted molar refractivity (Wildman–Crippen MR) is 94.9 cm³/mol. The van der Waals surface area contributed by atoms with Gasteiger partial charge in [-0.3, -0.25) is 4.79 Å². The number of ether oxygens (including phenoxy) is 3. The molecule has 1 aromatic carbocycles. The molecule has 2 saturated heterocycles. The molecule has 2 aromatic rings. The SMILES string of the molecule is O=C(COc1ncnc2ccccc12)NC1CCOC2(CCOCC2)C1. The maximum Gasteiger partial charge on any atom is 0.258 e. The first-order valence-corrected chi connectivity index (χ1v) is 9.08. The van der Waals surface area contributed by atoms with Crippen LogP contribution in [0, 0.1) is 0 Å². The zero-order valence-electron chi connectivity index (χ0n) is 14.6. The van der Waals surface area contributed by atoms with Gasteiger partial charge in [0.2, 0.25) is 5.88 Å². The molecule has 1 unspecified atom stereocenters. The van der Waals surface area contributed by atoms with Crippen molar-refractivity contribution in [2.24, 2.45) is 0 Å².